The van der Waals surface area contributed by atoms with Crippen LogP contribution in [-0.2, 0) is 6.54 Å². The molecule has 0 atom stereocenters. The van der Waals surface area contributed by atoms with Crippen LogP contribution in [0.3, 0.4) is 0 Å². The summed E-state index contributed by atoms with van der Waals surface area (Å²) in [7, 11) is 1.58. The summed E-state index contributed by atoms with van der Waals surface area (Å²) in [6, 6.07) is 13.9. The highest BCUT2D eigenvalue weighted by molar-refractivity contribution is 6.04. The van der Waals surface area contributed by atoms with Crippen LogP contribution >= 0.6 is 0 Å². The number of aromatic amines is 1. The molecule has 0 radical (unpaired) electrons. The predicted molar refractivity (Wildman–Crippen MR) is 114 cm³/mol. The highest BCUT2D eigenvalue weighted by Gasteiger charge is 2.19. The quantitative estimate of drug-likeness (QED) is 0.545. The van der Waals surface area contributed by atoms with Crippen LogP contribution in [0.5, 0.6) is 0 Å². The minimum absolute atomic E-state index is 0.160. The van der Waals surface area contributed by atoms with Gasteiger partial charge in [-0.1, -0.05) is 6.07 Å². The van der Waals surface area contributed by atoms with Crippen molar-refractivity contribution < 1.29 is 9.18 Å². The van der Waals surface area contributed by atoms with Crippen molar-refractivity contribution in [1.82, 2.24) is 14.5 Å². The fraction of sp³-hybridized carbons (Fsp3) is 0.136. The van der Waals surface area contributed by atoms with Crippen molar-refractivity contribution in [1.29, 1.82) is 0 Å². The van der Waals surface area contributed by atoms with Gasteiger partial charge in [0.2, 0.25) is 0 Å². The SMILES string of the molecule is Cc1cc2cc(Cn3c(C(=O)N(C)c4ccc(F)cc4)cccc3=O)[nH]c2nc1N. The minimum atomic E-state index is -0.389. The van der Waals surface area contributed by atoms with Crippen LogP contribution in [0.4, 0.5) is 15.9 Å². The van der Waals surface area contributed by atoms with Gasteiger partial charge in [-0.15, -0.1) is 0 Å². The largest absolute Gasteiger partial charge is 0.383 e. The Labute approximate surface area is 171 Å². The zero-order valence-corrected chi connectivity index (χ0v) is 16.5. The number of fused-ring (bicyclic) bond motifs is 1. The summed E-state index contributed by atoms with van der Waals surface area (Å²) >= 11 is 0. The maximum Gasteiger partial charge on any atom is 0.274 e. The van der Waals surface area contributed by atoms with Gasteiger partial charge in [0.25, 0.3) is 11.5 Å². The fourth-order valence-electron chi connectivity index (χ4n) is 3.31. The van der Waals surface area contributed by atoms with E-state index in [1.54, 1.807) is 19.2 Å². The summed E-state index contributed by atoms with van der Waals surface area (Å²) in [5.74, 6) is -0.335. The van der Waals surface area contributed by atoms with Crippen molar-refractivity contribution in [3.05, 3.63) is 87.7 Å². The summed E-state index contributed by atoms with van der Waals surface area (Å²) in [5.41, 5.74) is 8.50. The normalized spacial score (nSPS) is 11.0. The van der Waals surface area contributed by atoms with Crippen LogP contribution in [0.1, 0.15) is 21.7 Å². The number of aromatic nitrogens is 3. The smallest absolute Gasteiger partial charge is 0.274 e. The Morgan fingerprint density at radius 3 is 2.67 bits per heavy atom. The fourth-order valence-corrected chi connectivity index (χ4v) is 3.31. The van der Waals surface area contributed by atoms with Crippen LogP contribution in [0.2, 0.25) is 0 Å². The van der Waals surface area contributed by atoms with Crippen molar-refractivity contribution in [3.8, 4) is 0 Å². The average Bonchev–Trinajstić information content (AvgIpc) is 3.10. The van der Waals surface area contributed by atoms with Gasteiger partial charge in [0, 0.05) is 29.9 Å². The average molecular weight is 405 g/mol. The standard InChI is InChI=1S/C22H20FN5O2/c1-13-10-14-11-16(25-21(14)26-20(13)24)12-28-18(4-3-5-19(28)29)22(30)27(2)17-8-6-15(23)7-9-17/h3-11H,12H2,1-2H3,(H3,24,25,26). The second-order valence-corrected chi connectivity index (χ2v) is 7.10. The Morgan fingerprint density at radius 1 is 1.20 bits per heavy atom. The molecule has 1 aromatic carbocycles. The molecule has 1 amide bonds. The summed E-state index contributed by atoms with van der Waals surface area (Å²) in [6.07, 6.45) is 0. The maximum absolute atomic E-state index is 13.2. The Balaban J connectivity index is 1.70. The number of benzene rings is 1. The molecule has 4 aromatic rings. The first-order valence-electron chi connectivity index (χ1n) is 9.31. The van der Waals surface area contributed by atoms with E-state index >= 15 is 0 Å². The van der Waals surface area contributed by atoms with E-state index < -0.39 is 0 Å². The number of H-pyrrole nitrogens is 1. The number of halogens is 1. The summed E-state index contributed by atoms with van der Waals surface area (Å²) in [6.45, 7) is 2.03. The van der Waals surface area contributed by atoms with E-state index in [1.807, 2.05) is 19.1 Å². The molecule has 0 saturated carbocycles. The number of nitrogens with one attached hydrogen (secondary N) is 1. The van der Waals surface area contributed by atoms with Crippen molar-refractivity contribution in [2.45, 2.75) is 13.5 Å². The molecule has 30 heavy (non-hydrogen) atoms. The number of nitrogens with zero attached hydrogens (tertiary/aromatic N) is 3. The van der Waals surface area contributed by atoms with Crippen molar-refractivity contribution >= 4 is 28.4 Å². The minimum Gasteiger partial charge on any atom is -0.383 e. The number of carbonyl (C=O) groups excluding carboxylic acids is 1. The predicted octanol–water partition coefficient (Wildman–Crippen LogP) is 3.08. The molecule has 0 fully saturated rings. The van der Waals surface area contributed by atoms with E-state index in [9.17, 15) is 14.0 Å². The second kappa shape index (κ2) is 7.47. The lowest BCUT2D eigenvalue weighted by molar-refractivity contribution is 0.0983. The lowest BCUT2D eigenvalue weighted by atomic mass is 10.2. The lowest BCUT2D eigenvalue weighted by Gasteiger charge is -2.20. The van der Waals surface area contributed by atoms with Gasteiger partial charge in [-0.2, -0.15) is 0 Å². The van der Waals surface area contributed by atoms with E-state index in [0.29, 0.717) is 22.8 Å². The first-order chi connectivity index (χ1) is 14.3. The number of aryl methyl sites for hydroxylation is 1. The highest BCUT2D eigenvalue weighted by atomic mass is 19.1. The number of amides is 1. The summed E-state index contributed by atoms with van der Waals surface area (Å²) < 4.78 is 14.6. The zero-order valence-electron chi connectivity index (χ0n) is 16.5. The molecule has 0 unspecified atom stereocenters. The topological polar surface area (TPSA) is 97.0 Å². The molecule has 0 aliphatic carbocycles. The number of anilines is 2. The van der Waals surface area contributed by atoms with Gasteiger partial charge in [-0.25, -0.2) is 9.37 Å². The maximum atomic E-state index is 13.2. The van der Waals surface area contributed by atoms with Gasteiger partial charge in [0.1, 0.15) is 23.0 Å². The molecular formula is C22H20FN5O2. The van der Waals surface area contributed by atoms with Crippen molar-refractivity contribution in [2.24, 2.45) is 0 Å². The number of rotatable bonds is 4. The first kappa shape index (κ1) is 19.4. The summed E-state index contributed by atoms with van der Waals surface area (Å²) in [4.78, 5) is 34.5. The molecule has 0 saturated heterocycles. The van der Waals surface area contributed by atoms with Gasteiger partial charge in [0.05, 0.1) is 6.54 Å². The molecule has 152 valence electrons. The van der Waals surface area contributed by atoms with Gasteiger partial charge < -0.3 is 15.6 Å². The second-order valence-electron chi connectivity index (χ2n) is 7.10. The van der Waals surface area contributed by atoms with Gasteiger partial charge in [0.15, 0.2) is 0 Å². The molecular weight excluding hydrogens is 385 g/mol. The number of hydrogen-bond donors (Lipinski definition) is 2. The molecule has 0 bridgehead atoms. The third-order valence-electron chi connectivity index (χ3n) is 5.01. The molecule has 0 spiro atoms. The van der Waals surface area contributed by atoms with Crippen molar-refractivity contribution in [2.75, 3.05) is 17.7 Å². The van der Waals surface area contributed by atoms with Gasteiger partial charge >= 0.3 is 0 Å². The van der Waals surface area contributed by atoms with E-state index in [2.05, 4.69) is 9.97 Å². The molecule has 8 heteroatoms. The number of hydrogen-bond acceptors (Lipinski definition) is 4. The molecule has 3 heterocycles. The number of nitrogen functional groups attached to an aromatic ring is 1. The van der Waals surface area contributed by atoms with E-state index in [4.69, 9.17) is 5.73 Å². The molecule has 3 aromatic heterocycles. The Kier molecular flexibility index (Phi) is 4.83. The van der Waals surface area contributed by atoms with Crippen LogP contribution in [0.15, 0.2) is 59.4 Å². The van der Waals surface area contributed by atoms with Crippen LogP contribution in [0, 0.1) is 12.7 Å². The molecule has 0 aliphatic heterocycles. The van der Waals surface area contributed by atoms with Crippen LogP contribution in [-0.4, -0.2) is 27.5 Å². The highest BCUT2D eigenvalue weighted by Crippen LogP contribution is 2.20. The molecule has 7 nitrogen and oxygen atoms in total. The van der Waals surface area contributed by atoms with Crippen LogP contribution < -0.4 is 16.2 Å². The molecule has 3 N–H and O–H groups in total. The third kappa shape index (κ3) is 3.55. The Bertz CT molecular complexity index is 1270. The van der Waals surface area contributed by atoms with E-state index in [-0.39, 0.29) is 29.5 Å². The van der Waals surface area contributed by atoms with Crippen molar-refractivity contribution in [3.63, 3.8) is 0 Å². The number of carbonyl (C=O) groups is 1. The summed E-state index contributed by atoms with van der Waals surface area (Å²) in [5, 5.41) is 0.872. The van der Waals surface area contributed by atoms with Gasteiger partial charge in [-0.3, -0.25) is 14.2 Å². The van der Waals surface area contributed by atoms with Crippen LogP contribution in [0.25, 0.3) is 11.0 Å². The third-order valence-corrected chi connectivity index (χ3v) is 5.01. The monoisotopic (exact) mass is 405 g/mol. The number of nitrogens with two attached hydrogens (primary N) is 1. The number of pyridine rings is 2. The Morgan fingerprint density at radius 2 is 1.93 bits per heavy atom. The molecule has 4 rings (SSSR count). The van der Waals surface area contributed by atoms with E-state index in [1.165, 1.54) is 39.8 Å². The molecule has 0 aliphatic rings. The lowest BCUT2D eigenvalue weighted by Crippen LogP contribution is -2.33. The van der Waals surface area contributed by atoms with E-state index in [0.717, 1.165) is 10.9 Å². The Hall–Kier alpha value is -3.94. The van der Waals surface area contributed by atoms with Gasteiger partial charge in [-0.05, 0) is 55.0 Å². The first-order valence-corrected chi connectivity index (χ1v) is 9.31. The zero-order chi connectivity index (χ0) is 21.4.